The van der Waals surface area contributed by atoms with E-state index in [1.54, 1.807) is 12.4 Å². The number of nitrogens with zero attached hydrogens (tertiary/aromatic N) is 4. The van der Waals surface area contributed by atoms with E-state index in [9.17, 15) is 0 Å². The summed E-state index contributed by atoms with van der Waals surface area (Å²) >= 11 is 1.42. The molecule has 0 radical (unpaired) electrons. The fraction of sp³-hybridized carbons (Fsp3) is 0.0769. The van der Waals surface area contributed by atoms with E-state index in [0.717, 1.165) is 21.0 Å². The maximum absolute atomic E-state index is 8.92. The molecule has 0 saturated carbocycles. The number of H-pyrrole nitrogens is 1. The van der Waals surface area contributed by atoms with Gasteiger partial charge in [0.15, 0.2) is 11.5 Å². The minimum absolute atomic E-state index is 0.0658. The lowest BCUT2D eigenvalue weighted by atomic mass is 10.1. The molecule has 0 aliphatic rings. The molecule has 2 heterocycles. The summed E-state index contributed by atoms with van der Waals surface area (Å²) in [6.07, 6.45) is 3.04. The average Bonchev–Trinajstić information content (AvgIpc) is 2.98. The second-order valence-corrected chi connectivity index (χ2v) is 5.32. The maximum atomic E-state index is 8.92. The summed E-state index contributed by atoms with van der Waals surface area (Å²) in [6.45, 7) is 1.96. The van der Waals surface area contributed by atoms with Gasteiger partial charge in [-0.15, -0.1) is 0 Å². The van der Waals surface area contributed by atoms with E-state index < -0.39 is 0 Å². The van der Waals surface area contributed by atoms with Crippen molar-refractivity contribution in [2.45, 2.75) is 16.8 Å². The predicted octanol–water partition coefficient (Wildman–Crippen LogP) is 1.91. The number of aromatic nitrogens is 4. The van der Waals surface area contributed by atoms with Gasteiger partial charge in [-0.1, -0.05) is 29.1 Å². The monoisotopic (exact) mass is 300 g/mol. The molecule has 3 rings (SSSR count). The quantitative estimate of drug-likeness (QED) is 0.224. The van der Waals surface area contributed by atoms with Crippen molar-refractivity contribution in [2.24, 2.45) is 10.9 Å². The van der Waals surface area contributed by atoms with Crippen LogP contribution in [0.25, 0.3) is 11.2 Å². The van der Waals surface area contributed by atoms with Crippen molar-refractivity contribution in [3.05, 3.63) is 42.0 Å². The first kappa shape index (κ1) is 13.4. The van der Waals surface area contributed by atoms with E-state index in [-0.39, 0.29) is 5.84 Å². The van der Waals surface area contributed by atoms with Crippen LogP contribution in [0.1, 0.15) is 11.1 Å². The molecule has 4 N–H and O–H groups in total. The Morgan fingerprint density at radius 2 is 2.19 bits per heavy atom. The fourth-order valence-electron chi connectivity index (χ4n) is 1.96. The van der Waals surface area contributed by atoms with Gasteiger partial charge in [0.1, 0.15) is 16.9 Å². The summed E-state index contributed by atoms with van der Waals surface area (Å²) in [5.74, 6) is 0.0658. The zero-order valence-corrected chi connectivity index (χ0v) is 11.9. The Labute approximate surface area is 124 Å². The normalized spacial score (nSPS) is 12.0. The number of oxime groups is 1. The molecule has 2 aromatic heterocycles. The largest absolute Gasteiger partial charge is 0.409 e. The molecule has 0 spiro atoms. The molecule has 0 atom stereocenters. The first-order chi connectivity index (χ1) is 10.2. The van der Waals surface area contributed by atoms with Gasteiger partial charge in [0.05, 0.1) is 6.33 Å². The van der Waals surface area contributed by atoms with Crippen LogP contribution in [-0.4, -0.2) is 31.0 Å². The van der Waals surface area contributed by atoms with Gasteiger partial charge in [-0.05, 0) is 18.6 Å². The van der Waals surface area contributed by atoms with Gasteiger partial charge in [0, 0.05) is 10.5 Å². The number of hydrogen-bond acceptors (Lipinski definition) is 6. The molecule has 3 aromatic rings. The van der Waals surface area contributed by atoms with E-state index in [1.165, 1.54) is 18.1 Å². The molecule has 0 bridgehead atoms. The number of amidine groups is 1. The molecule has 7 nitrogen and oxygen atoms in total. The van der Waals surface area contributed by atoms with Crippen molar-refractivity contribution in [1.29, 1.82) is 0 Å². The molecular formula is C13H12N6OS. The Morgan fingerprint density at radius 3 is 3.00 bits per heavy atom. The zero-order valence-electron chi connectivity index (χ0n) is 11.1. The van der Waals surface area contributed by atoms with Crippen molar-refractivity contribution in [3.63, 3.8) is 0 Å². The molecule has 0 unspecified atom stereocenters. The Kier molecular flexibility index (Phi) is 3.44. The highest BCUT2D eigenvalue weighted by Crippen LogP contribution is 2.34. The Morgan fingerprint density at radius 1 is 1.33 bits per heavy atom. The molecule has 0 saturated heterocycles. The minimum Gasteiger partial charge on any atom is -0.409 e. The van der Waals surface area contributed by atoms with Gasteiger partial charge in [0.25, 0.3) is 0 Å². The fourth-order valence-corrected chi connectivity index (χ4v) is 3.02. The molecule has 21 heavy (non-hydrogen) atoms. The van der Waals surface area contributed by atoms with Gasteiger partial charge in [-0.2, -0.15) is 0 Å². The summed E-state index contributed by atoms with van der Waals surface area (Å²) in [7, 11) is 0. The van der Waals surface area contributed by atoms with Gasteiger partial charge in [-0.3, -0.25) is 0 Å². The second-order valence-electron chi connectivity index (χ2n) is 4.32. The number of benzene rings is 1. The number of nitrogens with one attached hydrogen (secondary N) is 1. The van der Waals surface area contributed by atoms with Crippen LogP contribution >= 0.6 is 11.8 Å². The SMILES string of the molecule is Cc1cccc(/C(N)=N/O)c1Sc1ncnc2nc[nH]c12. The van der Waals surface area contributed by atoms with Crippen LogP contribution < -0.4 is 5.73 Å². The topological polar surface area (TPSA) is 113 Å². The van der Waals surface area contributed by atoms with E-state index in [4.69, 9.17) is 10.9 Å². The highest BCUT2D eigenvalue weighted by atomic mass is 32.2. The third kappa shape index (κ3) is 2.40. The highest BCUT2D eigenvalue weighted by molar-refractivity contribution is 7.99. The van der Waals surface area contributed by atoms with E-state index in [0.29, 0.717) is 11.2 Å². The molecule has 106 valence electrons. The predicted molar refractivity (Wildman–Crippen MR) is 79.5 cm³/mol. The highest BCUT2D eigenvalue weighted by Gasteiger charge is 2.14. The van der Waals surface area contributed by atoms with Gasteiger partial charge < -0.3 is 15.9 Å². The summed E-state index contributed by atoms with van der Waals surface area (Å²) in [4.78, 5) is 16.4. The summed E-state index contributed by atoms with van der Waals surface area (Å²) in [6, 6.07) is 5.62. The van der Waals surface area contributed by atoms with Crippen LogP contribution in [0.2, 0.25) is 0 Å². The van der Waals surface area contributed by atoms with Crippen LogP contribution in [0.15, 0.2) is 45.9 Å². The Bertz CT molecular complexity index is 828. The summed E-state index contributed by atoms with van der Waals surface area (Å²) in [5.41, 5.74) is 8.78. The molecular weight excluding hydrogens is 288 g/mol. The lowest BCUT2D eigenvalue weighted by molar-refractivity contribution is 0.318. The number of fused-ring (bicyclic) bond motifs is 1. The minimum atomic E-state index is 0.0658. The Hall–Kier alpha value is -2.61. The van der Waals surface area contributed by atoms with Crippen molar-refractivity contribution in [1.82, 2.24) is 19.9 Å². The van der Waals surface area contributed by atoms with Crippen molar-refractivity contribution < 1.29 is 5.21 Å². The lowest BCUT2D eigenvalue weighted by Gasteiger charge is -2.10. The molecule has 0 fully saturated rings. The smallest absolute Gasteiger partial charge is 0.181 e. The third-order valence-corrected chi connectivity index (χ3v) is 4.23. The van der Waals surface area contributed by atoms with E-state index in [1.807, 2.05) is 19.1 Å². The molecule has 0 amide bonds. The van der Waals surface area contributed by atoms with Crippen LogP contribution in [0.5, 0.6) is 0 Å². The number of aryl methyl sites for hydroxylation is 1. The zero-order chi connectivity index (χ0) is 14.8. The third-order valence-electron chi connectivity index (χ3n) is 2.98. The summed E-state index contributed by atoms with van der Waals surface area (Å²) < 4.78 is 0. The van der Waals surface area contributed by atoms with Gasteiger partial charge in [0.2, 0.25) is 0 Å². The van der Waals surface area contributed by atoms with Crippen molar-refractivity contribution >= 4 is 28.8 Å². The maximum Gasteiger partial charge on any atom is 0.181 e. The number of rotatable bonds is 3. The number of nitrogens with two attached hydrogens (primary N) is 1. The second kappa shape index (κ2) is 5.41. The molecule has 1 aromatic carbocycles. The van der Waals surface area contributed by atoms with E-state index in [2.05, 4.69) is 25.1 Å². The first-order valence-corrected chi connectivity index (χ1v) is 6.92. The number of imidazole rings is 1. The van der Waals surface area contributed by atoms with Crippen molar-refractivity contribution in [3.8, 4) is 0 Å². The Balaban J connectivity index is 2.12. The average molecular weight is 300 g/mol. The standard InChI is InChI=1S/C13H12N6OS/c1-7-3-2-4-8(11(14)19-20)10(7)21-13-9-12(16-5-15-9)17-6-18-13/h2-6,20H,1H3,(H2,14,19)(H,15,16,17,18). The van der Waals surface area contributed by atoms with Crippen LogP contribution in [0.3, 0.4) is 0 Å². The molecule has 8 heteroatoms. The van der Waals surface area contributed by atoms with Gasteiger partial charge >= 0.3 is 0 Å². The van der Waals surface area contributed by atoms with Gasteiger partial charge in [-0.25, -0.2) is 15.0 Å². The number of aromatic amines is 1. The van der Waals surface area contributed by atoms with Crippen LogP contribution in [0, 0.1) is 6.92 Å². The molecule has 0 aliphatic heterocycles. The first-order valence-electron chi connectivity index (χ1n) is 6.10. The van der Waals surface area contributed by atoms with Crippen LogP contribution in [-0.2, 0) is 0 Å². The number of hydrogen-bond donors (Lipinski definition) is 3. The summed E-state index contributed by atoms with van der Waals surface area (Å²) in [5, 5.41) is 12.7. The van der Waals surface area contributed by atoms with E-state index >= 15 is 0 Å². The van der Waals surface area contributed by atoms with Crippen LogP contribution in [0.4, 0.5) is 0 Å². The molecule has 0 aliphatic carbocycles. The van der Waals surface area contributed by atoms with Crippen molar-refractivity contribution in [2.75, 3.05) is 0 Å². The lowest BCUT2D eigenvalue weighted by Crippen LogP contribution is -2.14.